The number of rotatable bonds is 5. The summed E-state index contributed by atoms with van der Waals surface area (Å²) < 4.78 is 0. The van der Waals surface area contributed by atoms with Crippen molar-refractivity contribution in [2.24, 2.45) is 5.73 Å². The quantitative estimate of drug-likeness (QED) is 0.518. The van der Waals surface area contributed by atoms with Gasteiger partial charge in [0, 0.05) is 30.2 Å². The van der Waals surface area contributed by atoms with Crippen LogP contribution in [-0.2, 0) is 0 Å². The van der Waals surface area contributed by atoms with Crippen LogP contribution in [0.5, 0.6) is 0 Å². The molecule has 0 amide bonds. The summed E-state index contributed by atoms with van der Waals surface area (Å²) in [6, 6.07) is 5.05. The fraction of sp³-hybridized carbons (Fsp3) is 0.333. The lowest BCUT2D eigenvalue weighted by Crippen LogP contribution is -1.96. The summed E-state index contributed by atoms with van der Waals surface area (Å²) in [6.45, 7) is 3.03. The smallest absolute Gasteiger partial charge is 0.288 e. The number of aromatic nitrogens is 2. The molecule has 0 aromatic carbocycles. The third kappa shape index (κ3) is 6.09. The van der Waals surface area contributed by atoms with Crippen LogP contribution in [0.4, 0.5) is 5.69 Å². The highest BCUT2D eigenvalue weighted by atomic mass is 16.6. The first-order valence-corrected chi connectivity index (χ1v) is 6.89. The molecule has 0 spiro atoms. The van der Waals surface area contributed by atoms with Gasteiger partial charge < -0.3 is 5.73 Å². The molecule has 0 radical (unpaired) electrons. The Morgan fingerprint density at radius 2 is 1.86 bits per heavy atom. The molecule has 0 aliphatic rings. The Morgan fingerprint density at radius 3 is 2.38 bits per heavy atom. The molecule has 0 bridgehead atoms. The number of nitrogens with zero attached hydrogens (tertiary/aromatic N) is 3. The summed E-state index contributed by atoms with van der Waals surface area (Å²) in [5.74, 6) is 0. The molecule has 0 aliphatic heterocycles. The lowest BCUT2D eigenvalue weighted by Gasteiger charge is -1.99. The van der Waals surface area contributed by atoms with E-state index in [-0.39, 0.29) is 5.69 Å². The van der Waals surface area contributed by atoms with Crippen LogP contribution >= 0.6 is 0 Å². The van der Waals surface area contributed by atoms with E-state index in [1.165, 1.54) is 31.5 Å². The first-order chi connectivity index (χ1) is 10.2. The molecule has 2 aromatic heterocycles. The van der Waals surface area contributed by atoms with Crippen molar-refractivity contribution in [2.45, 2.75) is 26.2 Å². The van der Waals surface area contributed by atoms with Crippen molar-refractivity contribution in [2.75, 3.05) is 6.54 Å². The number of hydrogen-bond acceptors (Lipinski definition) is 5. The van der Waals surface area contributed by atoms with E-state index in [2.05, 4.69) is 16.9 Å². The fourth-order valence-corrected chi connectivity index (χ4v) is 1.62. The lowest BCUT2D eigenvalue weighted by molar-refractivity contribution is -0.385. The zero-order valence-corrected chi connectivity index (χ0v) is 12.1. The van der Waals surface area contributed by atoms with E-state index in [1.54, 1.807) is 30.7 Å². The number of nitro groups is 1. The van der Waals surface area contributed by atoms with E-state index in [0.717, 1.165) is 12.1 Å². The summed E-state index contributed by atoms with van der Waals surface area (Å²) in [4.78, 5) is 17.8. The predicted octanol–water partition coefficient (Wildman–Crippen LogP) is 3.19. The van der Waals surface area contributed by atoms with E-state index >= 15 is 0 Å². The molecule has 0 atom stereocenters. The molecular formula is C15H20N4O2. The monoisotopic (exact) mass is 288 g/mol. The molecule has 21 heavy (non-hydrogen) atoms. The van der Waals surface area contributed by atoms with Gasteiger partial charge in [0.1, 0.15) is 6.20 Å². The van der Waals surface area contributed by atoms with Gasteiger partial charge in [0.15, 0.2) is 0 Å². The van der Waals surface area contributed by atoms with Gasteiger partial charge in [0.05, 0.1) is 4.92 Å². The topological polar surface area (TPSA) is 94.9 Å². The Labute approximate surface area is 124 Å². The maximum absolute atomic E-state index is 10.5. The molecule has 6 nitrogen and oxygen atoms in total. The molecule has 0 fully saturated rings. The van der Waals surface area contributed by atoms with Gasteiger partial charge in [-0.3, -0.25) is 20.1 Å². The zero-order chi connectivity index (χ0) is 15.5. The van der Waals surface area contributed by atoms with Crippen molar-refractivity contribution >= 4 is 5.69 Å². The van der Waals surface area contributed by atoms with Crippen molar-refractivity contribution in [3.63, 3.8) is 0 Å². The largest absolute Gasteiger partial charge is 0.330 e. The molecular weight excluding hydrogens is 268 g/mol. The number of nitrogens with two attached hydrogens (primary N) is 1. The first-order valence-electron chi connectivity index (χ1n) is 6.89. The van der Waals surface area contributed by atoms with Crippen molar-refractivity contribution in [3.05, 3.63) is 53.1 Å². The van der Waals surface area contributed by atoms with Crippen molar-refractivity contribution in [3.8, 4) is 11.1 Å². The molecule has 2 rings (SSSR count). The molecule has 2 N–H and O–H groups in total. The Kier molecular flexibility index (Phi) is 7.60. The normalized spacial score (nSPS) is 9.62. The Hall–Kier alpha value is -2.34. The van der Waals surface area contributed by atoms with E-state index < -0.39 is 4.92 Å². The van der Waals surface area contributed by atoms with Crippen LogP contribution < -0.4 is 5.73 Å². The van der Waals surface area contributed by atoms with Crippen LogP contribution in [-0.4, -0.2) is 21.4 Å². The maximum atomic E-state index is 10.5. The summed E-state index contributed by atoms with van der Waals surface area (Å²) in [5, 5.41) is 10.5. The standard InChI is InChI=1S/C10H7N3O2.C5H13N/c14-13(15)10-5-9(6-12-7-10)8-1-3-11-4-2-8;1-2-3-4-5-6/h1-7H;2-6H2,1H3. The van der Waals surface area contributed by atoms with Gasteiger partial charge in [0.2, 0.25) is 0 Å². The Bertz CT molecular complexity index is 542. The highest BCUT2D eigenvalue weighted by Crippen LogP contribution is 2.21. The minimum atomic E-state index is -0.461. The second-order valence-electron chi connectivity index (χ2n) is 4.42. The third-order valence-electron chi connectivity index (χ3n) is 2.76. The van der Waals surface area contributed by atoms with Crippen molar-refractivity contribution in [1.82, 2.24) is 9.97 Å². The SMILES string of the molecule is CCCCCN.O=[N+]([O-])c1cncc(-c2ccncc2)c1. The summed E-state index contributed by atoms with van der Waals surface area (Å²) in [5.41, 5.74) is 6.78. The second kappa shape index (κ2) is 9.55. The highest BCUT2D eigenvalue weighted by Gasteiger charge is 2.07. The van der Waals surface area contributed by atoms with Gasteiger partial charge in [-0.2, -0.15) is 0 Å². The van der Waals surface area contributed by atoms with Gasteiger partial charge in [0.25, 0.3) is 5.69 Å². The van der Waals surface area contributed by atoms with E-state index in [1.807, 2.05) is 0 Å². The average Bonchev–Trinajstić information content (AvgIpc) is 2.54. The van der Waals surface area contributed by atoms with Gasteiger partial charge in [-0.1, -0.05) is 19.8 Å². The molecule has 6 heteroatoms. The molecule has 0 saturated heterocycles. The van der Waals surface area contributed by atoms with Crippen molar-refractivity contribution in [1.29, 1.82) is 0 Å². The van der Waals surface area contributed by atoms with Gasteiger partial charge in [-0.15, -0.1) is 0 Å². The molecule has 112 valence electrons. The van der Waals surface area contributed by atoms with Gasteiger partial charge in [-0.05, 0) is 30.7 Å². The van der Waals surface area contributed by atoms with Crippen LogP contribution in [0.2, 0.25) is 0 Å². The number of hydrogen-bond donors (Lipinski definition) is 1. The van der Waals surface area contributed by atoms with E-state index in [0.29, 0.717) is 5.56 Å². The van der Waals surface area contributed by atoms with Crippen molar-refractivity contribution < 1.29 is 4.92 Å². The minimum absolute atomic E-state index is 0.00990. The molecule has 0 saturated carbocycles. The molecule has 2 aromatic rings. The van der Waals surface area contributed by atoms with Gasteiger partial charge in [-0.25, -0.2) is 0 Å². The predicted molar refractivity (Wildman–Crippen MR) is 82.7 cm³/mol. The Morgan fingerprint density at radius 1 is 1.14 bits per heavy atom. The number of pyridine rings is 2. The van der Waals surface area contributed by atoms with Gasteiger partial charge >= 0.3 is 0 Å². The van der Waals surface area contributed by atoms with Crippen LogP contribution in [0.1, 0.15) is 26.2 Å². The molecule has 2 heterocycles. The summed E-state index contributed by atoms with van der Waals surface area (Å²) in [6.07, 6.45) is 9.83. The summed E-state index contributed by atoms with van der Waals surface area (Å²) in [7, 11) is 0. The van der Waals surface area contributed by atoms with E-state index in [4.69, 9.17) is 5.73 Å². The fourth-order valence-electron chi connectivity index (χ4n) is 1.62. The van der Waals surface area contributed by atoms with Crippen LogP contribution in [0.15, 0.2) is 43.0 Å². The second-order valence-corrected chi connectivity index (χ2v) is 4.42. The zero-order valence-electron chi connectivity index (χ0n) is 12.1. The molecule has 0 unspecified atom stereocenters. The first kappa shape index (κ1) is 16.7. The number of unbranched alkanes of at least 4 members (excludes halogenated alkanes) is 2. The van der Waals surface area contributed by atoms with Crippen LogP contribution in [0.25, 0.3) is 11.1 Å². The minimum Gasteiger partial charge on any atom is -0.330 e. The maximum Gasteiger partial charge on any atom is 0.288 e. The molecule has 0 aliphatic carbocycles. The Balaban J connectivity index is 0.000000315. The highest BCUT2D eigenvalue weighted by molar-refractivity contribution is 5.63. The van der Waals surface area contributed by atoms with Crippen LogP contribution in [0.3, 0.4) is 0 Å². The van der Waals surface area contributed by atoms with E-state index in [9.17, 15) is 10.1 Å². The average molecular weight is 288 g/mol. The third-order valence-corrected chi connectivity index (χ3v) is 2.76. The lowest BCUT2D eigenvalue weighted by atomic mass is 10.1. The summed E-state index contributed by atoms with van der Waals surface area (Å²) >= 11 is 0. The van der Waals surface area contributed by atoms with Crippen LogP contribution in [0, 0.1) is 10.1 Å².